The molecule has 0 radical (unpaired) electrons. The number of benzene rings is 2. The van der Waals surface area contributed by atoms with E-state index in [-0.39, 0.29) is 6.04 Å². The van der Waals surface area contributed by atoms with Crippen LogP contribution in [0.1, 0.15) is 45.6 Å². The van der Waals surface area contributed by atoms with Crippen molar-refractivity contribution in [2.24, 2.45) is 0 Å². The zero-order chi connectivity index (χ0) is 17.6. The topological polar surface area (TPSA) is 37.4 Å². The van der Waals surface area contributed by atoms with E-state index in [1.54, 1.807) is 12.1 Å². The van der Waals surface area contributed by atoms with Gasteiger partial charge in [-0.05, 0) is 56.5 Å². The van der Waals surface area contributed by atoms with Crippen molar-refractivity contribution in [3.05, 3.63) is 60.2 Å². The molecule has 2 aromatic rings. The summed E-state index contributed by atoms with van der Waals surface area (Å²) in [6.07, 6.45) is 4.54. The highest BCUT2D eigenvalue weighted by molar-refractivity contribution is 7.92. The number of sulfonamides is 1. The number of unbranched alkanes of at least 4 members (excludes halogenated alkanes) is 2. The fourth-order valence-electron chi connectivity index (χ4n) is 2.81. The predicted molar refractivity (Wildman–Crippen MR) is 101 cm³/mol. The standard InChI is InChI=1S/C20H27NO2S/c1-4-5-7-10-18-13-15-20(16-14-18)24(22,23)21(17(2)3)19-11-8-6-9-12-19/h6,8-9,11-17H,4-5,7,10H2,1-3H3. The molecule has 0 fully saturated rings. The summed E-state index contributed by atoms with van der Waals surface area (Å²) in [4.78, 5) is 0.347. The van der Waals surface area contributed by atoms with Gasteiger partial charge in [0.2, 0.25) is 0 Å². The van der Waals surface area contributed by atoms with Gasteiger partial charge in [0.25, 0.3) is 10.0 Å². The number of nitrogens with zero attached hydrogens (tertiary/aromatic N) is 1. The highest BCUT2D eigenvalue weighted by atomic mass is 32.2. The molecule has 130 valence electrons. The fourth-order valence-corrected chi connectivity index (χ4v) is 4.47. The van der Waals surface area contributed by atoms with E-state index in [2.05, 4.69) is 6.92 Å². The predicted octanol–water partition coefficient (Wildman–Crippen LogP) is 5.02. The third-order valence-electron chi connectivity index (χ3n) is 4.03. The SMILES string of the molecule is CCCCCc1ccc(S(=O)(=O)N(c2ccccc2)C(C)C)cc1. The average Bonchev–Trinajstić information content (AvgIpc) is 2.56. The van der Waals surface area contributed by atoms with E-state index in [4.69, 9.17) is 0 Å². The van der Waals surface area contributed by atoms with Crippen molar-refractivity contribution in [3.8, 4) is 0 Å². The van der Waals surface area contributed by atoms with Gasteiger partial charge in [-0.25, -0.2) is 8.42 Å². The second-order valence-electron chi connectivity index (χ2n) is 6.33. The number of rotatable bonds is 8. The number of hydrogen-bond acceptors (Lipinski definition) is 2. The van der Waals surface area contributed by atoms with E-state index < -0.39 is 10.0 Å². The van der Waals surface area contributed by atoms with Crippen LogP contribution in [0, 0.1) is 0 Å². The molecule has 0 aliphatic heterocycles. The number of para-hydroxylation sites is 1. The Labute approximate surface area is 146 Å². The van der Waals surface area contributed by atoms with Crippen molar-refractivity contribution in [3.63, 3.8) is 0 Å². The first kappa shape index (κ1) is 18.5. The zero-order valence-corrected chi connectivity index (χ0v) is 15.6. The fraction of sp³-hybridized carbons (Fsp3) is 0.400. The van der Waals surface area contributed by atoms with Crippen LogP contribution in [0.2, 0.25) is 0 Å². The van der Waals surface area contributed by atoms with Crippen LogP contribution in [0.5, 0.6) is 0 Å². The van der Waals surface area contributed by atoms with Crippen molar-refractivity contribution in [1.82, 2.24) is 0 Å². The van der Waals surface area contributed by atoms with Gasteiger partial charge in [-0.1, -0.05) is 50.1 Å². The van der Waals surface area contributed by atoms with Crippen molar-refractivity contribution in [2.45, 2.75) is 57.4 Å². The molecule has 4 heteroatoms. The van der Waals surface area contributed by atoms with Gasteiger partial charge in [0.05, 0.1) is 10.6 Å². The maximum Gasteiger partial charge on any atom is 0.264 e. The molecule has 24 heavy (non-hydrogen) atoms. The van der Waals surface area contributed by atoms with Gasteiger partial charge in [0.1, 0.15) is 0 Å². The molecule has 0 amide bonds. The maximum absolute atomic E-state index is 13.1. The van der Waals surface area contributed by atoms with Crippen molar-refractivity contribution in [2.75, 3.05) is 4.31 Å². The van der Waals surface area contributed by atoms with Gasteiger partial charge in [-0.15, -0.1) is 0 Å². The normalized spacial score (nSPS) is 11.7. The highest BCUT2D eigenvalue weighted by Gasteiger charge is 2.27. The quantitative estimate of drug-likeness (QED) is 0.630. The monoisotopic (exact) mass is 345 g/mol. The molecule has 0 spiro atoms. The second kappa shape index (κ2) is 8.34. The van der Waals surface area contributed by atoms with E-state index in [0.717, 1.165) is 12.8 Å². The Bertz CT molecular complexity index is 722. The first-order valence-electron chi connectivity index (χ1n) is 8.65. The van der Waals surface area contributed by atoms with E-state index in [9.17, 15) is 8.42 Å². The van der Waals surface area contributed by atoms with Crippen LogP contribution in [-0.4, -0.2) is 14.5 Å². The smallest absolute Gasteiger partial charge is 0.264 e. The van der Waals surface area contributed by atoms with Crippen LogP contribution >= 0.6 is 0 Å². The zero-order valence-electron chi connectivity index (χ0n) is 14.8. The lowest BCUT2D eigenvalue weighted by atomic mass is 10.1. The lowest BCUT2D eigenvalue weighted by molar-refractivity contribution is 0.584. The Morgan fingerprint density at radius 3 is 2.08 bits per heavy atom. The Morgan fingerprint density at radius 1 is 0.917 bits per heavy atom. The van der Waals surface area contributed by atoms with Gasteiger partial charge in [0, 0.05) is 6.04 Å². The Kier molecular flexibility index (Phi) is 6.44. The molecule has 0 saturated carbocycles. The van der Waals surface area contributed by atoms with E-state index in [1.165, 1.54) is 22.7 Å². The van der Waals surface area contributed by atoms with E-state index in [0.29, 0.717) is 10.6 Å². The van der Waals surface area contributed by atoms with Crippen LogP contribution in [0.15, 0.2) is 59.5 Å². The van der Waals surface area contributed by atoms with Crippen LogP contribution in [0.4, 0.5) is 5.69 Å². The summed E-state index contributed by atoms with van der Waals surface area (Å²) < 4.78 is 27.6. The minimum atomic E-state index is -3.56. The maximum atomic E-state index is 13.1. The van der Waals surface area contributed by atoms with Crippen LogP contribution in [0.25, 0.3) is 0 Å². The molecule has 0 N–H and O–H groups in total. The molecule has 0 saturated heterocycles. The minimum absolute atomic E-state index is 0.151. The molecule has 0 aromatic heterocycles. The third-order valence-corrected chi connectivity index (χ3v) is 6.05. The summed E-state index contributed by atoms with van der Waals surface area (Å²) in [5, 5.41) is 0. The van der Waals surface area contributed by atoms with E-state index in [1.807, 2.05) is 56.3 Å². The summed E-state index contributed by atoms with van der Waals surface area (Å²) in [6.45, 7) is 5.97. The first-order valence-corrected chi connectivity index (χ1v) is 10.1. The number of aryl methyl sites for hydroxylation is 1. The summed E-state index contributed by atoms with van der Waals surface area (Å²) >= 11 is 0. The van der Waals surface area contributed by atoms with Crippen molar-refractivity contribution in [1.29, 1.82) is 0 Å². The second-order valence-corrected chi connectivity index (χ2v) is 8.15. The molecular weight excluding hydrogens is 318 g/mol. The number of hydrogen-bond donors (Lipinski definition) is 0. The van der Waals surface area contributed by atoms with Crippen LogP contribution < -0.4 is 4.31 Å². The molecule has 0 aliphatic carbocycles. The average molecular weight is 346 g/mol. The van der Waals surface area contributed by atoms with Crippen molar-refractivity contribution < 1.29 is 8.42 Å². The lowest BCUT2D eigenvalue weighted by Crippen LogP contribution is -2.36. The highest BCUT2D eigenvalue weighted by Crippen LogP contribution is 2.26. The van der Waals surface area contributed by atoms with Gasteiger partial charge in [-0.3, -0.25) is 4.31 Å². The van der Waals surface area contributed by atoms with E-state index >= 15 is 0 Å². The van der Waals surface area contributed by atoms with Gasteiger partial charge < -0.3 is 0 Å². The Balaban J connectivity index is 2.27. The molecule has 2 rings (SSSR count). The molecule has 0 unspecified atom stereocenters. The van der Waals surface area contributed by atoms with Gasteiger partial charge in [0.15, 0.2) is 0 Å². The molecule has 0 bridgehead atoms. The van der Waals surface area contributed by atoms with Crippen LogP contribution in [-0.2, 0) is 16.4 Å². The summed E-state index contributed by atoms with van der Waals surface area (Å²) in [6, 6.07) is 16.4. The van der Waals surface area contributed by atoms with Gasteiger partial charge >= 0.3 is 0 Å². The van der Waals surface area contributed by atoms with Gasteiger partial charge in [-0.2, -0.15) is 0 Å². The summed E-state index contributed by atoms with van der Waals surface area (Å²) in [7, 11) is -3.56. The molecule has 3 nitrogen and oxygen atoms in total. The largest absolute Gasteiger partial charge is 0.264 e. The van der Waals surface area contributed by atoms with Crippen LogP contribution in [0.3, 0.4) is 0 Å². The minimum Gasteiger partial charge on any atom is -0.264 e. The molecule has 0 aliphatic rings. The number of anilines is 1. The molecule has 2 aromatic carbocycles. The lowest BCUT2D eigenvalue weighted by Gasteiger charge is -2.28. The van der Waals surface area contributed by atoms with Crippen molar-refractivity contribution >= 4 is 15.7 Å². The summed E-state index contributed by atoms with van der Waals surface area (Å²) in [5.41, 5.74) is 1.89. The Morgan fingerprint density at radius 2 is 1.54 bits per heavy atom. The molecular formula is C20H27NO2S. The molecule has 0 atom stereocenters. The third kappa shape index (κ3) is 4.38. The summed E-state index contributed by atoms with van der Waals surface area (Å²) in [5.74, 6) is 0. The molecule has 0 heterocycles. The Hall–Kier alpha value is -1.81. The first-order chi connectivity index (χ1) is 11.5.